The van der Waals surface area contributed by atoms with Crippen LogP contribution in [-0.4, -0.2) is 30.1 Å². The van der Waals surface area contributed by atoms with E-state index in [1.54, 1.807) is 0 Å². The molecule has 2 fully saturated rings. The van der Waals surface area contributed by atoms with E-state index in [2.05, 4.69) is 11.8 Å². The fraction of sp³-hybridized carbons (Fsp3) is 1.00. The van der Waals surface area contributed by atoms with Gasteiger partial charge in [0.05, 0.1) is 0 Å². The van der Waals surface area contributed by atoms with Gasteiger partial charge in [-0.1, -0.05) is 26.2 Å². The molecule has 16 heavy (non-hydrogen) atoms. The molecule has 1 heterocycles. The molecule has 0 radical (unpaired) electrons. The lowest BCUT2D eigenvalue weighted by Gasteiger charge is -2.32. The molecule has 1 saturated carbocycles. The maximum absolute atomic E-state index is 6.10. The summed E-state index contributed by atoms with van der Waals surface area (Å²) in [6.07, 6.45) is 11.0. The zero-order valence-electron chi connectivity index (χ0n) is 10.8. The Bertz CT molecular complexity index is 205. The predicted octanol–water partition coefficient (Wildman–Crippen LogP) is 2.77. The van der Waals surface area contributed by atoms with Gasteiger partial charge in [0, 0.05) is 12.1 Å². The first kappa shape index (κ1) is 12.4. The molecule has 2 rings (SSSR count). The number of nitrogens with zero attached hydrogens (tertiary/aromatic N) is 1. The number of likely N-dealkylation sites (tertiary alicyclic amines) is 1. The van der Waals surface area contributed by atoms with Crippen molar-refractivity contribution in [3.05, 3.63) is 0 Å². The van der Waals surface area contributed by atoms with Gasteiger partial charge in [-0.3, -0.25) is 0 Å². The van der Waals surface area contributed by atoms with Gasteiger partial charge in [0.1, 0.15) is 0 Å². The lowest BCUT2D eigenvalue weighted by atomic mass is 9.85. The Kier molecular flexibility index (Phi) is 4.66. The minimum Gasteiger partial charge on any atom is -0.328 e. The molecule has 2 aliphatic rings. The highest BCUT2D eigenvalue weighted by atomic mass is 15.2. The Morgan fingerprint density at radius 2 is 2.00 bits per heavy atom. The monoisotopic (exact) mass is 224 g/mol. The first-order valence-electron chi connectivity index (χ1n) is 7.31. The first-order valence-corrected chi connectivity index (χ1v) is 7.31. The Balaban J connectivity index is 1.73. The molecule has 1 saturated heterocycles. The Morgan fingerprint density at radius 1 is 1.19 bits per heavy atom. The summed E-state index contributed by atoms with van der Waals surface area (Å²) in [7, 11) is 0. The summed E-state index contributed by atoms with van der Waals surface area (Å²) in [6, 6.07) is 1.36. The van der Waals surface area contributed by atoms with Crippen LogP contribution in [0.1, 0.15) is 58.3 Å². The van der Waals surface area contributed by atoms with Gasteiger partial charge in [0.2, 0.25) is 0 Å². The largest absolute Gasteiger partial charge is 0.328 e. The van der Waals surface area contributed by atoms with Crippen LogP contribution in [0.4, 0.5) is 0 Å². The predicted molar refractivity (Wildman–Crippen MR) is 69.4 cm³/mol. The van der Waals surface area contributed by atoms with Crippen molar-refractivity contribution in [3.8, 4) is 0 Å². The fourth-order valence-corrected chi connectivity index (χ4v) is 3.63. The lowest BCUT2D eigenvalue weighted by Crippen LogP contribution is -2.37. The summed E-state index contributed by atoms with van der Waals surface area (Å²) in [5, 5.41) is 0. The maximum Gasteiger partial charge on any atom is 0.0124 e. The quantitative estimate of drug-likeness (QED) is 0.778. The maximum atomic E-state index is 6.10. The Labute approximate surface area is 101 Å². The summed E-state index contributed by atoms with van der Waals surface area (Å²) in [4.78, 5) is 2.74. The van der Waals surface area contributed by atoms with Crippen molar-refractivity contribution in [2.45, 2.75) is 70.4 Å². The summed E-state index contributed by atoms with van der Waals surface area (Å²) in [6.45, 7) is 4.82. The lowest BCUT2D eigenvalue weighted by molar-refractivity contribution is 0.177. The van der Waals surface area contributed by atoms with Crippen molar-refractivity contribution in [1.29, 1.82) is 0 Å². The van der Waals surface area contributed by atoms with Crippen LogP contribution in [-0.2, 0) is 0 Å². The Morgan fingerprint density at radius 3 is 2.81 bits per heavy atom. The van der Waals surface area contributed by atoms with Gasteiger partial charge in [-0.25, -0.2) is 0 Å². The van der Waals surface area contributed by atoms with E-state index in [-0.39, 0.29) is 0 Å². The summed E-state index contributed by atoms with van der Waals surface area (Å²) in [5.74, 6) is 1.02. The third-order valence-electron chi connectivity index (χ3n) is 4.57. The average molecular weight is 224 g/mol. The number of fused-ring (bicyclic) bond motifs is 1. The van der Waals surface area contributed by atoms with Crippen LogP contribution < -0.4 is 5.73 Å². The van der Waals surface area contributed by atoms with Crippen LogP contribution in [0.2, 0.25) is 0 Å². The molecule has 3 unspecified atom stereocenters. The molecule has 1 aliphatic heterocycles. The van der Waals surface area contributed by atoms with Crippen molar-refractivity contribution in [2.24, 2.45) is 11.7 Å². The van der Waals surface area contributed by atoms with Crippen LogP contribution in [0.5, 0.6) is 0 Å². The zero-order chi connectivity index (χ0) is 11.4. The molecule has 2 nitrogen and oxygen atoms in total. The van der Waals surface area contributed by atoms with Crippen molar-refractivity contribution in [3.63, 3.8) is 0 Å². The highest BCUT2D eigenvalue weighted by molar-refractivity contribution is 4.89. The number of rotatable bonds is 5. The van der Waals surface area contributed by atoms with Crippen LogP contribution in [0.15, 0.2) is 0 Å². The molecule has 2 heteroatoms. The molecule has 0 amide bonds. The summed E-state index contributed by atoms with van der Waals surface area (Å²) >= 11 is 0. The van der Waals surface area contributed by atoms with Gasteiger partial charge in [-0.05, 0) is 51.1 Å². The molecule has 1 aliphatic carbocycles. The molecule has 0 spiro atoms. The van der Waals surface area contributed by atoms with E-state index < -0.39 is 0 Å². The van der Waals surface area contributed by atoms with Gasteiger partial charge in [0.25, 0.3) is 0 Å². The molecule has 94 valence electrons. The molecule has 0 bridgehead atoms. The van der Waals surface area contributed by atoms with Crippen molar-refractivity contribution in [1.82, 2.24) is 4.90 Å². The highest BCUT2D eigenvalue weighted by Gasteiger charge is 2.35. The molecular formula is C14H28N2. The van der Waals surface area contributed by atoms with Gasteiger partial charge < -0.3 is 10.6 Å². The molecule has 3 atom stereocenters. The summed E-state index contributed by atoms with van der Waals surface area (Å²) < 4.78 is 0. The van der Waals surface area contributed by atoms with Crippen molar-refractivity contribution >= 4 is 0 Å². The Hall–Kier alpha value is -0.0800. The van der Waals surface area contributed by atoms with E-state index in [0.29, 0.717) is 6.04 Å². The van der Waals surface area contributed by atoms with E-state index in [1.807, 2.05) is 0 Å². The number of hydrogen-bond donors (Lipinski definition) is 1. The van der Waals surface area contributed by atoms with E-state index in [0.717, 1.165) is 12.0 Å². The third kappa shape index (κ3) is 2.98. The second kappa shape index (κ2) is 6.02. The van der Waals surface area contributed by atoms with Crippen molar-refractivity contribution < 1.29 is 0 Å². The van der Waals surface area contributed by atoms with Crippen LogP contribution >= 0.6 is 0 Å². The number of hydrogen-bond acceptors (Lipinski definition) is 2. The fourth-order valence-electron chi connectivity index (χ4n) is 3.63. The van der Waals surface area contributed by atoms with E-state index in [4.69, 9.17) is 5.73 Å². The zero-order valence-corrected chi connectivity index (χ0v) is 10.8. The second-order valence-corrected chi connectivity index (χ2v) is 5.77. The van der Waals surface area contributed by atoms with Crippen LogP contribution in [0.25, 0.3) is 0 Å². The van der Waals surface area contributed by atoms with Gasteiger partial charge in [0.15, 0.2) is 0 Å². The standard InChI is InChI=1S/C14H28N2/c1-2-5-13(15)9-11-16-10-8-12-6-3-4-7-14(12)16/h12-14H,2-11,15H2,1H3. The highest BCUT2D eigenvalue weighted by Crippen LogP contribution is 2.36. The molecule has 0 aromatic carbocycles. The van der Waals surface area contributed by atoms with Gasteiger partial charge >= 0.3 is 0 Å². The van der Waals surface area contributed by atoms with E-state index >= 15 is 0 Å². The van der Waals surface area contributed by atoms with Gasteiger partial charge in [-0.2, -0.15) is 0 Å². The third-order valence-corrected chi connectivity index (χ3v) is 4.57. The average Bonchev–Trinajstić information content (AvgIpc) is 2.70. The normalized spacial score (nSPS) is 32.6. The van der Waals surface area contributed by atoms with Crippen LogP contribution in [0, 0.1) is 5.92 Å². The SMILES string of the molecule is CCCC(N)CCN1CCC2CCCCC21. The topological polar surface area (TPSA) is 29.3 Å². The summed E-state index contributed by atoms with van der Waals surface area (Å²) in [5.41, 5.74) is 6.10. The van der Waals surface area contributed by atoms with E-state index in [9.17, 15) is 0 Å². The van der Waals surface area contributed by atoms with Crippen LogP contribution in [0.3, 0.4) is 0 Å². The number of nitrogens with two attached hydrogens (primary N) is 1. The van der Waals surface area contributed by atoms with Crippen molar-refractivity contribution in [2.75, 3.05) is 13.1 Å². The molecular weight excluding hydrogens is 196 g/mol. The minimum atomic E-state index is 0.438. The molecule has 0 aromatic heterocycles. The molecule has 2 N–H and O–H groups in total. The minimum absolute atomic E-state index is 0.438. The second-order valence-electron chi connectivity index (χ2n) is 5.77. The molecule has 0 aromatic rings. The van der Waals surface area contributed by atoms with Gasteiger partial charge in [-0.15, -0.1) is 0 Å². The van der Waals surface area contributed by atoms with E-state index in [1.165, 1.54) is 64.5 Å². The first-order chi connectivity index (χ1) is 7.81. The smallest absolute Gasteiger partial charge is 0.0124 e.